The van der Waals surface area contributed by atoms with Crippen LogP contribution < -0.4 is 0 Å². The first kappa shape index (κ1) is 23.1. The van der Waals surface area contributed by atoms with Crippen LogP contribution >= 0.6 is 0 Å². The van der Waals surface area contributed by atoms with E-state index in [-0.39, 0.29) is 12.3 Å². The van der Waals surface area contributed by atoms with Crippen molar-refractivity contribution in [3.8, 4) is 0 Å². The molecule has 0 bridgehead atoms. The van der Waals surface area contributed by atoms with Crippen LogP contribution in [-0.2, 0) is 19.1 Å². The summed E-state index contributed by atoms with van der Waals surface area (Å²) in [6.07, 6.45) is 7.73. The highest BCUT2D eigenvalue weighted by molar-refractivity contribution is 7.86. The lowest BCUT2D eigenvalue weighted by molar-refractivity contribution is -0.219. The molecule has 0 amide bonds. The molecule has 0 saturated heterocycles. The number of carbonyl (C=O) groups is 1. The maximum atomic E-state index is 17.0. The van der Waals surface area contributed by atoms with Crippen molar-refractivity contribution in [1.29, 1.82) is 0 Å². The van der Waals surface area contributed by atoms with Gasteiger partial charge in [0.15, 0.2) is 11.5 Å². The number of carbonyl (C=O) groups excluding carboxylic acids is 1. The number of allylic oxidation sites excluding steroid dienone is 4. The molecule has 4 aliphatic rings. The Morgan fingerprint density at radius 1 is 1.32 bits per heavy atom. The van der Waals surface area contributed by atoms with Crippen molar-refractivity contribution in [1.82, 2.24) is 0 Å². The standard InChI is InChI=1S/C23H33FO6S/c1-14-11-17-16-9-8-15-7-5-6-10-20(15,2)22(16,24)18(25)12-21(17,3)23(14,27)19(26)13-30-31(4,28)29/h6-7,10,14,16-18,25,27H,5,8-9,11-13H2,1-4H3/t14-,16-,17-,18-,20-,21-,22-,23-/m0/s1. The van der Waals surface area contributed by atoms with Gasteiger partial charge in [0.25, 0.3) is 10.1 Å². The molecule has 3 fully saturated rings. The second-order valence-corrected chi connectivity index (χ2v) is 12.2. The van der Waals surface area contributed by atoms with Gasteiger partial charge in [-0.3, -0.25) is 8.98 Å². The van der Waals surface area contributed by atoms with E-state index >= 15 is 4.39 Å². The fraction of sp³-hybridized carbons (Fsp3) is 0.783. The zero-order chi connectivity index (χ0) is 23.0. The molecule has 4 aliphatic carbocycles. The number of aliphatic hydroxyl groups is 2. The Morgan fingerprint density at radius 3 is 2.65 bits per heavy atom. The fourth-order valence-electron chi connectivity index (χ4n) is 7.55. The van der Waals surface area contributed by atoms with Gasteiger partial charge in [-0.15, -0.1) is 0 Å². The number of halogens is 1. The lowest BCUT2D eigenvalue weighted by Gasteiger charge is -2.62. The van der Waals surface area contributed by atoms with Gasteiger partial charge in [0.1, 0.15) is 12.2 Å². The first-order chi connectivity index (χ1) is 14.2. The van der Waals surface area contributed by atoms with Gasteiger partial charge in [-0.25, -0.2) is 4.39 Å². The van der Waals surface area contributed by atoms with E-state index in [9.17, 15) is 23.4 Å². The summed E-state index contributed by atoms with van der Waals surface area (Å²) < 4.78 is 44.5. The monoisotopic (exact) mass is 456 g/mol. The summed E-state index contributed by atoms with van der Waals surface area (Å²) in [4.78, 5) is 13.1. The smallest absolute Gasteiger partial charge is 0.264 e. The average Bonchev–Trinajstić information content (AvgIpc) is 2.88. The third-order valence-corrected chi connectivity index (χ3v) is 9.65. The number of fused-ring (bicyclic) bond motifs is 5. The minimum atomic E-state index is -3.86. The zero-order valence-corrected chi connectivity index (χ0v) is 19.4. The summed E-state index contributed by atoms with van der Waals surface area (Å²) >= 11 is 0. The van der Waals surface area contributed by atoms with E-state index in [0.29, 0.717) is 19.3 Å². The average molecular weight is 457 g/mol. The molecule has 0 unspecified atom stereocenters. The van der Waals surface area contributed by atoms with Crippen molar-refractivity contribution < 1.29 is 32.0 Å². The van der Waals surface area contributed by atoms with Gasteiger partial charge < -0.3 is 10.2 Å². The fourth-order valence-corrected chi connectivity index (χ4v) is 7.87. The minimum absolute atomic E-state index is 0.0766. The zero-order valence-electron chi connectivity index (χ0n) is 18.6. The summed E-state index contributed by atoms with van der Waals surface area (Å²) in [6, 6.07) is 0. The highest BCUT2D eigenvalue weighted by Crippen LogP contribution is 2.70. The molecule has 31 heavy (non-hydrogen) atoms. The Bertz CT molecular complexity index is 959. The summed E-state index contributed by atoms with van der Waals surface area (Å²) in [5.41, 5.74) is -4.78. The molecule has 6 nitrogen and oxygen atoms in total. The third-order valence-electron chi connectivity index (χ3n) is 9.11. The normalized spacial score (nSPS) is 49.1. The van der Waals surface area contributed by atoms with Crippen LogP contribution in [0.5, 0.6) is 0 Å². The summed E-state index contributed by atoms with van der Waals surface area (Å²) in [5.74, 6) is -2.09. The molecule has 0 aromatic carbocycles. The van der Waals surface area contributed by atoms with E-state index in [0.717, 1.165) is 18.2 Å². The maximum absolute atomic E-state index is 17.0. The van der Waals surface area contributed by atoms with Crippen LogP contribution in [0.1, 0.15) is 52.9 Å². The Balaban J connectivity index is 1.74. The van der Waals surface area contributed by atoms with E-state index in [1.54, 1.807) is 13.8 Å². The summed E-state index contributed by atoms with van der Waals surface area (Å²) in [7, 11) is -3.86. The second kappa shape index (κ2) is 6.95. The van der Waals surface area contributed by atoms with Crippen molar-refractivity contribution in [2.45, 2.75) is 70.2 Å². The lowest BCUT2D eigenvalue weighted by atomic mass is 9.44. The van der Waals surface area contributed by atoms with Crippen LogP contribution in [0.3, 0.4) is 0 Å². The van der Waals surface area contributed by atoms with Crippen molar-refractivity contribution in [2.75, 3.05) is 12.9 Å². The summed E-state index contributed by atoms with van der Waals surface area (Å²) in [5, 5.41) is 22.9. The van der Waals surface area contributed by atoms with E-state index < -0.39 is 62.5 Å². The van der Waals surface area contributed by atoms with Crippen LogP contribution in [0.15, 0.2) is 23.8 Å². The van der Waals surface area contributed by atoms with Gasteiger partial charge in [-0.05, 0) is 50.9 Å². The number of hydrogen-bond donors (Lipinski definition) is 2. The number of aliphatic hydroxyl groups excluding tert-OH is 1. The highest BCUT2D eigenvalue weighted by Gasteiger charge is 2.75. The van der Waals surface area contributed by atoms with Gasteiger partial charge in [0.05, 0.1) is 12.4 Å². The van der Waals surface area contributed by atoms with Crippen LogP contribution in [-0.4, -0.2) is 54.7 Å². The molecule has 3 saturated carbocycles. The van der Waals surface area contributed by atoms with E-state index in [1.807, 2.05) is 19.1 Å². The largest absolute Gasteiger partial charge is 0.390 e. The first-order valence-electron chi connectivity index (χ1n) is 11.1. The quantitative estimate of drug-likeness (QED) is 0.498. The van der Waals surface area contributed by atoms with Crippen LogP contribution in [0.2, 0.25) is 0 Å². The van der Waals surface area contributed by atoms with E-state index in [2.05, 4.69) is 6.08 Å². The van der Waals surface area contributed by atoms with Crippen molar-refractivity contribution in [3.63, 3.8) is 0 Å². The molecule has 0 heterocycles. The molecule has 174 valence electrons. The van der Waals surface area contributed by atoms with Crippen LogP contribution in [0, 0.1) is 28.6 Å². The topological polar surface area (TPSA) is 101 Å². The molecule has 4 rings (SSSR count). The highest BCUT2D eigenvalue weighted by atomic mass is 32.2. The van der Waals surface area contributed by atoms with Gasteiger partial charge in [-0.1, -0.05) is 37.6 Å². The molecular weight excluding hydrogens is 423 g/mol. The molecule has 0 radical (unpaired) electrons. The Labute approximate surface area is 183 Å². The van der Waals surface area contributed by atoms with Gasteiger partial charge in [-0.2, -0.15) is 8.42 Å². The third kappa shape index (κ3) is 2.90. The number of hydrogen-bond acceptors (Lipinski definition) is 6. The van der Waals surface area contributed by atoms with E-state index in [4.69, 9.17) is 4.18 Å². The minimum Gasteiger partial charge on any atom is -0.390 e. The molecular formula is C23H33FO6S. The number of rotatable bonds is 4. The van der Waals surface area contributed by atoms with Crippen molar-refractivity contribution in [3.05, 3.63) is 23.8 Å². The van der Waals surface area contributed by atoms with Gasteiger partial charge in [0.2, 0.25) is 0 Å². The lowest BCUT2D eigenvalue weighted by Crippen LogP contribution is -2.69. The first-order valence-corrected chi connectivity index (χ1v) is 12.9. The van der Waals surface area contributed by atoms with Crippen molar-refractivity contribution >= 4 is 15.9 Å². The maximum Gasteiger partial charge on any atom is 0.264 e. The molecule has 8 heteroatoms. The van der Waals surface area contributed by atoms with Crippen LogP contribution in [0.25, 0.3) is 0 Å². The van der Waals surface area contributed by atoms with Gasteiger partial charge in [0, 0.05) is 16.7 Å². The van der Waals surface area contributed by atoms with Crippen LogP contribution in [0.4, 0.5) is 4.39 Å². The molecule has 0 spiro atoms. The van der Waals surface area contributed by atoms with E-state index in [1.165, 1.54) is 0 Å². The number of alkyl halides is 1. The number of Topliss-reactive ketones (excluding diaryl/α,β-unsaturated/α-hetero) is 1. The Morgan fingerprint density at radius 2 is 2.00 bits per heavy atom. The molecule has 8 atom stereocenters. The molecule has 0 aromatic heterocycles. The SMILES string of the molecule is C[C@H]1C[C@H]2[C@@H]3CCC4=CCC=C[C@]4(C)[C@@]3(F)[C@@H](O)C[C@]2(C)[C@@]1(O)C(=O)COS(C)(=O)=O. The molecule has 0 aromatic rings. The predicted octanol–water partition coefficient (Wildman–Crippen LogP) is 2.70. The Hall–Kier alpha value is -1.09. The number of ketones is 1. The second-order valence-electron chi connectivity index (χ2n) is 10.5. The Kier molecular flexibility index (Phi) is 5.18. The van der Waals surface area contributed by atoms with Crippen molar-refractivity contribution in [2.24, 2.45) is 28.6 Å². The molecule has 0 aliphatic heterocycles. The summed E-state index contributed by atoms with van der Waals surface area (Å²) in [6.45, 7) is 4.57. The van der Waals surface area contributed by atoms with Gasteiger partial charge >= 0.3 is 0 Å². The molecule has 2 N–H and O–H groups in total. The predicted molar refractivity (Wildman–Crippen MR) is 113 cm³/mol.